The van der Waals surface area contributed by atoms with E-state index in [0.717, 1.165) is 0 Å². The van der Waals surface area contributed by atoms with Crippen LogP contribution >= 0.6 is 0 Å². The van der Waals surface area contributed by atoms with Gasteiger partial charge in [-0.3, -0.25) is 4.79 Å². The number of nitrogens with two attached hydrogens (primary N) is 1. The maximum absolute atomic E-state index is 9.93. The minimum absolute atomic E-state index is 0.377. The van der Waals surface area contributed by atoms with Gasteiger partial charge in [0.1, 0.15) is 12.3 Å². The monoisotopic (exact) mass is 112 g/mol. The Labute approximate surface area is 45.8 Å². The minimum Gasteiger partial charge on any atom is -0.514 e. The van der Waals surface area contributed by atoms with Crippen LogP contribution < -0.4 is 5.73 Å². The van der Waals surface area contributed by atoms with Gasteiger partial charge in [0.15, 0.2) is 5.57 Å². The highest BCUT2D eigenvalue weighted by molar-refractivity contribution is 5.95. The molecule has 0 spiro atoms. The molecule has 0 aliphatic heterocycles. The highest BCUT2D eigenvalue weighted by Gasteiger charge is 1.99. The lowest BCUT2D eigenvalue weighted by atomic mass is 10.3. The molecule has 0 aromatic heterocycles. The van der Waals surface area contributed by atoms with E-state index in [2.05, 4.69) is 5.73 Å². The summed E-state index contributed by atoms with van der Waals surface area (Å²) in [5.74, 6) is -0.921. The molecule has 0 aromatic carbocycles. The lowest BCUT2D eigenvalue weighted by Crippen LogP contribution is -2.12. The van der Waals surface area contributed by atoms with Crippen molar-refractivity contribution in [3.05, 3.63) is 11.8 Å². The van der Waals surface area contributed by atoms with E-state index in [1.165, 1.54) is 6.07 Å². The number of hydrogen-bond acceptors (Lipinski definition) is 3. The van der Waals surface area contributed by atoms with Crippen LogP contribution in [0.1, 0.15) is 0 Å². The predicted molar refractivity (Wildman–Crippen MR) is 25.5 cm³/mol. The van der Waals surface area contributed by atoms with E-state index >= 15 is 0 Å². The van der Waals surface area contributed by atoms with Crippen molar-refractivity contribution in [3.8, 4) is 6.07 Å². The molecule has 0 atom stereocenters. The molecule has 4 nitrogen and oxygen atoms in total. The molecule has 0 unspecified atom stereocenters. The highest BCUT2D eigenvalue weighted by atomic mass is 16.2. The number of rotatable bonds is 1. The second kappa shape index (κ2) is 2.64. The number of hydrogen-bond donors (Lipinski definition) is 2. The lowest BCUT2D eigenvalue weighted by Gasteiger charge is -1.81. The first kappa shape index (κ1) is 6.50. The van der Waals surface area contributed by atoms with Gasteiger partial charge in [-0.15, -0.1) is 0 Å². The molecule has 1 amide bonds. The first-order chi connectivity index (χ1) is 3.72. The Morgan fingerprint density at radius 3 is 2.38 bits per heavy atom. The third-order valence-corrected chi connectivity index (χ3v) is 0.515. The third-order valence-electron chi connectivity index (χ3n) is 0.515. The molecule has 0 bridgehead atoms. The van der Waals surface area contributed by atoms with Gasteiger partial charge in [-0.25, -0.2) is 0 Å². The quantitative estimate of drug-likeness (QED) is 0.270. The smallest absolute Gasteiger partial charge is 0.262 e. The Bertz CT molecular complexity index is 165. The average Bonchev–Trinajstić information content (AvgIpc) is 1.69. The number of nitriles is 1. The Balaban J connectivity index is 4.20. The van der Waals surface area contributed by atoms with Crippen molar-refractivity contribution >= 4 is 5.91 Å². The number of carbonyl (C=O) groups is 1. The van der Waals surface area contributed by atoms with E-state index in [1.807, 2.05) is 0 Å². The van der Waals surface area contributed by atoms with Gasteiger partial charge in [-0.05, 0) is 0 Å². The predicted octanol–water partition coefficient (Wildman–Crippen LogP) is -0.563. The minimum atomic E-state index is -0.921. The van der Waals surface area contributed by atoms with Gasteiger partial charge in [0.25, 0.3) is 5.91 Å². The number of primary amides is 1. The Morgan fingerprint density at radius 2 is 2.38 bits per heavy atom. The summed E-state index contributed by atoms with van der Waals surface area (Å²) in [4.78, 5) is 9.93. The first-order valence-corrected chi connectivity index (χ1v) is 1.76. The summed E-state index contributed by atoms with van der Waals surface area (Å²) in [5.41, 5.74) is 4.13. The second-order valence-corrected chi connectivity index (χ2v) is 1.02. The maximum atomic E-state index is 9.93. The average molecular weight is 112 g/mol. The van der Waals surface area contributed by atoms with Gasteiger partial charge < -0.3 is 10.8 Å². The molecule has 0 fully saturated rings. The Morgan fingerprint density at radius 1 is 1.88 bits per heavy atom. The molecule has 0 aromatic rings. The van der Waals surface area contributed by atoms with Crippen LogP contribution in [0.15, 0.2) is 11.8 Å². The molecule has 0 heterocycles. The first-order valence-electron chi connectivity index (χ1n) is 1.76. The number of aliphatic hydroxyl groups excluding tert-OH is 1. The fourth-order valence-corrected chi connectivity index (χ4v) is 0.148. The number of aliphatic hydroxyl groups is 1. The van der Waals surface area contributed by atoms with Crippen molar-refractivity contribution in [2.24, 2.45) is 5.73 Å². The van der Waals surface area contributed by atoms with E-state index < -0.39 is 11.5 Å². The molecule has 0 rings (SSSR count). The molecule has 0 aliphatic rings. The number of carbonyl (C=O) groups excluding carboxylic acids is 1. The molecule has 0 saturated heterocycles. The van der Waals surface area contributed by atoms with Gasteiger partial charge in [0, 0.05) is 0 Å². The topological polar surface area (TPSA) is 87.1 Å². The SMILES string of the molecule is N#CC(=CO)C(N)=O. The second-order valence-electron chi connectivity index (χ2n) is 1.02. The fourth-order valence-electron chi connectivity index (χ4n) is 0.148. The van der Waals surface area contributed by atoms with Crippen LogP contribution in [0.25, 0.3) is 0 Å². The van der Waals surface area contributed by atoms with E-state index in [9.17, 15) is 4.79 Å². The van der Waals surface area contributed by atoms with Crippen LogP contribution in [0.2, 0.25) is 0 Å². The van der Waals surface area contributed by atoms with Gasteiger partial charge in [-0.1, -0.05) is 0 Å². The third kappa shape index (κ3) is 1.30. The summed E-state index contributed by atoms with van der Waals surface area (Å²) in [5, 5.41) is 15.9. The number of amides is 1. The van der Waals surface area contributed by atoms with Crippen LogP contribution in [0.3, 0.4) is 0 Å². The summed E-state index contributed by atoms with van der Waals surface area (Å²) in [7, 11) is 0. The largest absolute Gasteiger partial charge is 0.514 e. The van der Waals surface area contributed by atoms with Gasteiger partial charge in [0.2, 0.25) is 0 Å². The molecular weight excluding hydrogens is 108 g/mol. The summed E-state index contributed by atoms with van der Waals surface area (Å²) >= 11 is 0. The van der Waals surface area contributed by atoms with Crippen molar-refractivity contribution in [1.82, 2.24) is 0 Å². The van der Waals surface area contributed by atoms with Crippen LogP contribution in [-0.4, -0.2) is 11.0 Å². The number of nitrogens with zero attached hydrogens (tertiary/aromatic N) is 1. The van der Waals surface area contributed by atoms with E-state index in [-0.39, 0.29) is 0 Å². The highest BCUT2D eigenvalue weighted by Crippen LogP contribution is 1.84. The van der Waals surface area contributed by atoms with Crippen LogP contribution in [0.4, 0.5) is 0 Å². The lowest BCUT2D eigenvalue weighted by molar-refractivity contribution is -0.114. The molecule has 4 heteroatoms. The molecular formula is C4H4N2O2. The van der Waals surface area contributed by atoms with Crippen LogP contribution in [0, 0.1) is 11.3 Å². The van der Waals surface area contributed by atoms with E-state index in [1.54, 1.807) is 0 Å². The Hall–Kier alpha value is -1.50. The van der Waals surface area contributed by atoms with Crippen LogP contribution in [-0.2, 0) is 4.79 Å². The zero-order valence-electron chi connectivity index (χ0n) is 3.96. The standard InChI is InChI=1S/C4H4N2O2/c5-1-3(2-7)4(6)8/h2,7H,(H2,6,8). The molecule has 0 aliphatic carbocycles. The fraction of sp³-hybridized carbons (Fsp3) is 0. The summed E-state index contributed by atoms with van der Waals surface area (Å²) in [6.07, 6.45) is 0.377. The van der Waals surface area contributed by atoms with Gasteiger partial charge in [0.05, 0.1) is 0 Å². The summed E-state index contributed by atoms with van der Waals surface area (Å²) in [6.45, 7) is 0. The van der Waals surface area contributed by atoms with Gasteiger partial charge in [-0.2, -0.15) is 5.26 Å². The zero-order chi connectivity index (χ0) is 6.57. The van der Waals surface area contributed by atoms with Crippen molar-refractivity contribution in [2.45, 2.75) is 0 Å². The summed E-state index contributed by atoms with van der Waals surface area (Å²) in [6, 6.07) is 1.39. The van der Waals surface area contributed by atoms with Crippen molar-refractivity contribution < 1.29 is 9.90 Å². The molecule has 0 saturated carbocycles. The van der Waals surface area contributed by atoms with E-state index in [0.29, 0.717) is 6.26 Å². The zero-order valence-corrected chi connectivity index (χ0v) is 3.96. The molecule has 3 N–H and O–H groups in total. The van der Waals surface area contributed by atoms with E-state index in [4.69, 9.17) is 10.4 Å². The van der Waals surface area contributed by atoms with Gasteiger partial charge >= 0.3 is 0 Å². The maximum Gasteiger partial charge on any atom is 0.262 e. The normalized spacial score (nSPS) is 10.1. The summed E-state index contributed by atoms with van der Waals surface area (Å²) < 4.78 is 0. The molecule has 42 valence electrons. The van der Waals surface area contributed by atoms with Crippen LogP contribution in [0.5, 0.6) is 0 Å². The molecule has 8 heavy (non-hydrogen) atoms. The van der Waals surface area contributed by atoms with Crippen molar-refractivity contribution in [2.75, 3.05) is 0 Å². The van der Waals surface area contributed by atoms with Crippen molar-refractivity contribution in [1.29, 1.82) is 5.26 Å². The molecule has 0 radical (unpaired) electrons. The Kier molecular flexibility index (Phi) is 2.14. The van der Waals surface area contributed by atoms with Crippen molar-refractivity contribution in [3.63, 3.8) is 0 Å².